The summed E-state index contributed by atoms with van der Waals surface area (Å²) in [6.45, 7) is 7.00. The van der Waals surface area contributed by atoms with E-state index in [-0.39, 0.29) is 63.7 Å². The van der Waals surface area contributed by atoms with Gasteiger partial charge in [-0.1, -0.05) is 12.0 Å². The Labute approximate surface area is 312 Å². The van der Waals surface area contributed by atoms with Crippen LogP contribution in [0.2, 0.25) is 0 Å². The van der Waals surface area contributed by atoms with Crippen LogP contribution >= 0.6 is 0 Å². The number of benzene rings is 2. The fraction of sp³-hybridized carbons (Fsp3) is 0.474. The van der Waals surface area contributed by atoms with Gasteiger partial charge < -0.3 is 9.47 Å². The molecule has 3 saturated heterocycles. The number of rotatable bonds is 7. The number of hydrogen-bond donors (Lipinski definition) is 1. The second kappa shape index (κ2) is 14.1. The van der Waals surface area contributed by atoms with Crippen LogP contribution in [0, 0.1) is 24.0 Å². The molecule has 1 amide bonds. The van der Waals surface area contributed by atoms with Gasteiger partial charge in [0.25, 0.3) is 0 Å². The molecule has 2 aromatic carbocycles. The molecule has 0 spiro atoms. The quantitative estimate of drug-likeness (QED) is 0.206. The third-order valence-corrected chi connectivity index (χ3v) is 10.6. The van der Waals surface area contributed by atoms with E-state index in [0.717, 1.165) is 31.7 Å². The monoisotopic (exact) mass is 765 g/mol. The van der Waals surface area contributed by atoms with E-state index in [1.165, 1.54) is 29.4 Å². The lowest BCUT2D eigenvalue weighted by atomic mass is 9.95. The lowest BCUT2D eigenvalue weighted by Crippen LogP contribution is -2.49. The van der Waals surface area contributed by atoms with Gasteiger partial charge in [-0.25, -0.2) is 31.4 Å². The second-order valence-electron chi connectivity index (χ2n) is 15.2. The normalized spacial score (nSPS) is 20.9. The highest BCUT2D eigenvalue weighted by molar-refractivity contribution is 7.92. The Balaban J connectivity index is 1.43. The summed E-state index contributed by atoms with van der Waals surface area (Å²) in [4.78, 5) is 29.5. The number of hydrogen-bond acceptors (Lipinski definition) is 10. The van der Waals surface area contributed by atoms with E-state index >= 15 is 8.78 Å². The molecule has 1 N–H and O–H groups in total. The Morgan fingerprint density at radius 3 is 2.63 bits per heavy atom. The summed E-state index contributed by atoms with van der Waals surface area (Å²) in [5, 5.41) is 3.68. The Hall–Kier alpha value is -4.88. The highest BCUT2D eigenvalue weighted by atomic mass is 32.2. The van der Waals surface area contributed by atoms with Crippen LogP contribution in [0.1, 0.15) is 64.9 Å². The van der Waals surface area contributed by atoms with Crippen molar-refractivity contribution < 1.29 is 35.9 Å². The summed E-state index contributed by atoms with van der Waals surface area (Å²) in [5.74, 6) is 0.799. The third-order valence-electron chi connectivity index (χ3n) is 10.0. The van der Waals surface area contributed by atoms with Crippen LogP contribution in [-0.2, 0) is 14.8 Å². The van der Waals surface area contributed by atoms with Gasteiger partial charge >= 0.3 is 12.1 Å². The van der Waals surface area contributed by atoms with E-state index in [1.54, 1.807) is 25.8 Å². The van der Waals surface area contributed by atoms with Crippen LogP contribution in [0.4, 0.5) is 29.5 Å². The molecule has 3 fully saturated rings. The number of fused-ring (bicyclic) bond motifs is 3. The maximum atomic E-state index is 17.3. The van der Waals surface area contributed by atoms with Gasteiger partial charge in [0.2, 0.25) is 10.0 Å². The van der Waals surface area contributed by atoms with Crippen LogP contribution in [0.3, 0.4) is 0 Å². The second-order valence-corrected chi connectivity index (χ2v) is 17.0. The summed E-state index contributed by atoms with van der Waals surface area (Å²) >= 11 is 0. The zero-order chi connectivity index (χ0) is 38.6. The van der Waals surface area contributed by atoms with E-state index in [4.69, 9.17) is 20.9 Å². The van der Waals surface area contributed by atoms with Gasteiger partial charge in [-0.15, -0.1) is 6.42 Å². The van der Waals surface area contributed by atoms with Crippen molar-refractivity contribution in [1.82, 2.24) is 24.9 Å². The molecular formula is C38H42F3N7O5S. The van der Waals surface area contributed by atoms with Gasteiger partial charge in [0.15, 0.2) is 11.6 Å². The molecule has 3 aliphatic heterocycles. The van der Waals surface area contributed by atoms with Gasteiger partial charge in [0.1, 0.15) is 35.4 Å². The van der Waals surface area contributed by atoms with Crippen molar-refractivity contribution >= 4 is 49.3 Å². The molecule has 2 atom stereocenters. The number of nitrogens with zero attached hydrogens (tertiary/aromatic N) is 6. The van der Waals surface area contributed by atoms with E-state index in [2.05, 4.69) is 25.5 Å². The zero-order valence-electron chi connectivity index (χ0n) is 30.6. The molecule has 0 aliphatic carbocycles. The summed E-state index contributed by atoms with van der Waals surface area (Å²) in [6.07, 6.45) is 10.5. The molecule has 0 bridgehead atoms. The number of nitrogens with one attached hydrogen (secondary N) is 1. The summed E-state index contributed by atoms with van der Waals surface area (Å²) in [7, 11) is -3.78. The third kappa shape index (κ3) is 7.31. The molecule has 7 rings (SSSR count). The number of alkyl halides is 1. The predicted molar refractivity (Wildman–Crippen MR) is 199 cm³/mol. The Bertz CT molecular complexity index is 2300. The maximum absolute atomic E-state index is 17.3. The lowest BCUT2D eigenvalue weighted by molar-refractivity contribution is 0.0232. The zero-order valence-corrected chi connectivity index (χ0v) is 31.4. The number of aromatic nitrogens is 3. The van der Waals surface area contributed by atoms with Crippen LogP contribution in [0.15, 0.2) is 30.5 Å². The van der Waals surface area contributed by atoms with Crippen LogP contribution < -0.4 is 14.5 Å². The molecule has 2 aromatic heterocycles. The van der Waals surface area contributed by atoms with Crippen molar-refractivity contribution in [2.24, 2.45) is 0 Å². The van der Waals surface area contributed by atoms with Crippen molar-refractivity contribution in [1.29, 1.82) is 0 Å². The predicted octanol–water partition coefficient (Wildman–Crippen LogP) is 6.57. The number of halogens is 3. The van der Waals surface area contributed by atoms with Gasteiger partial charge in [-0.05, 0) is 83.0 Å². The summed E-state index contributed by atoms with van der Waals surface area (Å²) < 4.78 is 86.0. The van der Waals surface area contributed by atoms with E-state index in [1.807, 2.05) is 0 Å². The first-order chi connectivity index (χ1) is 25.6. The minimum Gasteiger partial charge on any atom is -0.461 e. The van der Waals surface area contributed by atoms with Gasteiger partial charge in [-0.2, -0.15) is 9.97 Å². The lowest BCUT2D eigenvalue weighted by Gasteiger charge is -2.36. The number of sulfonamides is 1. The van der Waals surface area contributed by atoms with Crippen molar-refractivity contribution in [3.8, 4) is 29.6 Å². The minimum absolute atomic E-state index is 0.0127. The molecule has 0 unspecified atom stereocenters. The van der Waals surface area contributed by atoms with E-state index in [9.17, 15) is 17.6 Å². The first-order valence-corrected chi connectivity index (χ1v) is 19.8. The Kier molecular flexibility index (Phi) is 9.76. The molecule has 0 radical (unpaired) electrons. The largest absolute Gasteiger partial charge is 0.461 e. The molecule has 5 heterocycles. The first kappa shape index (κ1) is 37.4. The number of anilines is 2. The maximum Gasteiger partial charge on any atom is 0.429 e. The van der Waals surface area contributed by atoms with Crippen LogP contribution in [-0.4, -0.2) is 95.7 Å². The molecular weight excluding hydrogens is 724 g/mol. The molecule has 16 heteroatoms. The molecule has 54 heavy (non-hydrogen) atoms. The van der Waals surface area contributed by atoms with E-state index in [0.29, 0.717) is 44.3 Å². The van der Waals surface area contributed by atoms with Crippen LogP contribution in [0.25, 0.3) is 32.9 Å². The smallest absolute Gasteiger partial charge is 0.429 e. The standard InChI is InChI=1S/C38H42F3N7O5S/c1-6-26-29(40)12-11-23-17-25(45-54(5,50)51)18-27(30(23)26)32-31(41)33-28(20-42-32)34(47-15-8-7-9-16-48(47)36(49)53-37(2,3)4)44-35(43-33)52-22-38-13-10-14-46(38)21-24(39)19-38/h1,11-12,17-18,20,24,45H,7-10,13-16,19,21-22H2,2-5H3/t24-,38+/m1/s1. The molecule has 12 nitrogen and oxygen atoms in total. The van der Waals surface area contributed by atoms with Crippen molar-refractivity contribution in [3.05, 3.63) is 47.7 Å². The minimum atomic E-state index is -3.78. The Morgan fingerprint density at radius 1 is 1.11 bits per heavy atom. The number of terminal acetylenes is 1. The van der Waals surface area contributed by atoms with Crippen molar-refractivity contribution in [2.45, 2.75) is 76.6 Å². The van der Waals surface area contributed by atoms with Gasteiger partial charge in [0.05, 0.1) is 22.7 Å². The van der Waals surface area contributed by atoms with Gasteiger partial charge in [-0.3, -0.25) is 19.6 Å². The average molecular weight is 766 g/mol. The highest BCUT2D eigenvalue weighted by Gasteiger charge is 2.49. The number of carbonyl (C=O) groups excluding carboxylic acids is 1. The van der Waals surface area contributed by atoms with Gasteiger partial charge in [0, 0.05) is 48.9 Å². The average Bonchev–Trinajstić information content (AvgIpc) is 3.49. The van der Waals surface area contributed by atoms with Crippen molar-refractivity contribution in [2.75, 3.05) is 48.8 Å². The summed E-state index contributed by atoms with van der Waals surface area (Å²) in [6, 6.07) is 5.16. The van der Waals surface area contributed by atoms with Crippen molar-refractivity contribution in [3.63, 3.8) is 0 Å². The van der Waals surface area contributed by atoms with E-state index < -0.39 is 45.1 Å². The first-order valence-electron chi connectivity index (χ1n) is 17.9. The highest BCUT2D eigenvalue weighted by Crippen LogP contribution is 2.42. The number of hydrazine groups is 1. The SMILES string of the molecule is C#Cc1c(F)ccc2cc(NS(C)(=O)=O)cc(-c3ncc4c(N5CCCCCN5C(=O)OC(C)(C)C)nc(OC[C@@]56CCCN5C[C@H](F)C6)nc4c3F)c12. The number of carbonyl (C=O) groups is 1. The molecule has 3 aliphatic rings. The van der Waals surface area contributed by atoms with Crippen LogP contribution in [0.5, 0.6) is 6.01 Å². The molecule has 0 saturated carbocycles. The topological polar surface area (TPSA) is 130 Å². The number of pyridine rings is 1. The fourth-order valence-electron chi connectivity index (χ4n) is 7.83. The summed E-state index contributed by atoms with van der Waals surface area (Å²) in [5.41, 5.74) is -1.96. The molecule has 4 aromatic rings. The number of amides is 1. The molecule has 286 valence electrons. The Morgan fingerprint density at radius 2 is 1.89 bits per heavy atom. The number of ether oxygens (including phenoxy) is 2. The fourth-order valence-corrected chi connectivity index (χ4v) is 8.37.